The Bertz CT molecular complexity index is 807. The van der Waals surface area contributed by atoms with Crippen LogP contribution in [0.15, 0.2) is 48.5 Å². The largest absolute Gasteiger partial charge is 0.480 e. The van der Waals surface area contributed by atoms with Crippen LogP contribution in [0.1, 0.15) is 23.5 Å². The van der Waals surface area contributed by atoms with Crippen molar-refractivity contribution in [3.05, 3.63) is 59.7 Å². The molecule has 28 heavy (non-hydrogen) atoms. The first-order chi connectivity index (χ1) is 13.5. The number of amides is 1. The average molecular weight is 385 g/mol. The highest BCUT2D eigenvalue weighted by Crippen LogP contribution is 2.44. The van der Waals surface area contributed by atoms with Crippen LogP contribution in [0, 0.1) is 0 Å². The lowest BCUT2D eigenvalue weighted by Gasteiger charge is -2.19. The van der Waals surface area contributed by atoms with Gasteiger partial charge in [0.25, 0.3) is 0 Å². The number of carboxylic acid groups (broad SMARTS) is 1. The monoisotopic (exact) mass is 385 g/mol. The fourth-order valence-electron chi connectivity index (χ4n) is 3.54. The van der Waals surface area contributed by atoms with Crippen LogP contribution in [-0.2, 0) is 14.3 Å². The smallest absolute Gasteiger partial charge is 0.407 e. The van der Waals surface area contributed by atoms with Crippen LogP contribution < -0.4 is 5.32 Å². The number of carbonyl (C=O) groups is 2. The van der Waals surface area contributed by atoms with Crippen molar-refractivity contribution in [3.8, 4) is 11.1 Å². The number of aliphatic carboxylic acids is 1. The molecule has 0 saturated heterocycles. The second-order valence-corrected chi connectivity index (χ2v) is 6.71. The second-order valence-electron chi connectivity index (χ2n) is 6.71. The van der Waals surface area contributed by atoms with Crippen LogP contribution in [-0.4, -0.2) is 54.7 Å². The molecule has 2 aromatic carbocycles. The molecule has 0 aliphatic heterocycles. The maximum Gasteiger partial charge on any atom is 0.407 e. The van der Waals surface area contributed by atoms with Gasteiger partial charge in [-0.1, -0.05) is 48.5 Å². The minimum absolute atomic E-state index is 0.0177. The zero-order chi connectivity index (χ0) is 20.1. The lowest BCUT2D eigenvalue weighted by Crippen LogP contribution is -2.44. The summed E-state index contributed by atoms with van der Waals surface area (Å²) in [5.41, 5.74) is 4.36. The molecule has 2 atom stereocenters. The molecule has 1 aliphatic rings. The Labute approximate surface area is 162 Å². The molecule has 3 N–H and O–H groups in total. The Hall–Kier alpha value is -2.90. The van der Waals surface area contributed by atoms with Crippen molar-refractivity contribution < 1.29 is 29.3 Å². The van der Waals surface area contributed by atoms with E-state index in [4.69, 9.17) is 9.47 Å². The molecule has 0 aromatic heterocycles. The molecule has 2 unspecified atom stereocenters. The summed E-state index contributed by atoms with van der Waals surface area (Å²) in [6.45, 7) is 0.0724. The maximum absolute atomic E-state index is 12.2. The van der Waals surface area contributed by atoms with E-state index in [-0.39, 0.29) is 25.6 Å². The molecule has 0 spiro atoms. The number of aliphatic hydroxyl groups is 1. The number of methoxy groups -OCH3 is 1. The van der Waals surface area contributed by atoms with Crippen molar-refractivity contribution >= 4 is 12.1 Å². The van der Waals surface area contributed by atoms with Gasteiger partial charge >= 0.3 is 12.1 Å². The Kier molecular flexibility index (Phi) is 6.28. The van der Waals surface area contributed by atoms with Crippen LogP contribution in [0.25, 0.3) is 11.1 Å². The third kappa shape index (κ3) is 4.32. The molecule has 0 fully saturated rings. The fraction of sp³-hybridized carbons (Fsp3) is 0.333. The van der Waals surface area contributed by atoms with E-state index in [9.17, 15) is 19.8 Å². The summed E-state index contributed by atoms with van der Waals surface area (Å²) in [4.78, 5) is 23.5. The van der Waals surface area contributed by atoms with Crippen LogP contribution in [0.4, 0.5) is 4.79 Å². The van der Waals surface area contributed by atoms with E-state index < -0.39 is 24.2 Å². The van der Waals surface area contributed by atoms with E-state index in [0.29, 0.717) is 0 Å². The van der Waals surface area contributed by atoms with Crippen molar-refractivity contribution in [3.63, 3.8) is 0 Å². The molecule has 148 valence electrons. The number of rotatable bonds is 8. The molecule has 0 heterocycles. The van der Waals surface area contributed by atoms with E-state index in [1.165, 1.54) is 7.11 Å². The van der Waals surface area contributed by atoms with E-state index in [2.05, 4.69) is 5.32 Å². The van der Waals surface area contributed by atoms with Gasteiger partial charge in [0.15, 0.2) is 0 Å². The van der Waals surface area contributed by atoms with Gasteiger partial charge in [-0.25, -0.2) is 9.59 Å². The standard InChI is InChI=1S/C21H23NO6/c1-27-11-13(23)10-19(20(24)25)22-21(26)28-12-18-16-8-4-2-6-14(16)15-7-3-5-9-17(15)18/h2-9,13,18-19,23H,10-12H2,1H3,(H,22,26)(H,24,25). The zero-order valence-electron chi connectivity index (χ0n) is 15.5. The second kappa shape index (κ2) is 8.86. The van der Waals surface area contributed by atoms with Gasteiger partial charge in [-0.2, -0.15) is 0 Å². The SMILES string of the molecule is COCC(O)CC(NC(=O)OCC1c2ccccc2-c2ccccc21)C(=O)O. The highest BCUT2D eigenvalue weighted by atomic mass is 16.5. The number of hydrogen-bond donors (Lipinski definition) is 3. The van der Waals surface area contributed by atoms with Crippen molar-refractivity contribution in [2.45, 2.75) is 24.5 Å². The number of carboxylic acids is 1. The third-order valence-corrected chi connectivity index (χ3v) is 4.80. The normalized spacial score (nSPS) is 14.6. The Morgan fingerprint density at radius 1 is 1.07 bits per heavy atom. The first kappa shape index (κ1) is 19.9. The highest BCUT2D eigenvalue weighted by molar-refractivity contribution is 5.81. The average Bonchev–Trinajstić information content (AvgIpc) is 3.00. The predicted molar refractivity (Wildman–Crippen MR) is 102 cm³/mol. The van der Waals surface area contributed by atoms with Crippen molar-refractivity contribution in [1.82, 2.24) is 5.32 Å². The van der Waals surface area contributed by atoms with Gasteiger partial charge in [0, 0.05) is 19.4 Å². The van der Waals surface area contributed by atoms with Crippen molar-refractivity contribution in [2.75, 3.05) is 20.3 Å². The molecular weight excluding hydrogens is 362 g/mol. The summed E-state index contributed by atoms with van der Waals surface area (Å²) in [5, 5.41) is 21.3. The molecule has 0 bridgehead atoms. The molecule has 7 nitrogen and oxygen atoms in total. The number of ether oxygens (including phenoxy) is 2. The summed E-state index contributed by atoms with van der Waals surface area (Å²) in [5.74, 6) is -1.36. The summed E-state index contributed by atoms with van der Waals surface area (Å²) in [7, 11) is 1.40. The number of hydrogen-bond acceptors (Lipinski definition) is 5. The molecule has 1 aliphatic carbocycles. The van der Waals surface area contributed by atoms with Gasteiger partial charge in [0.2, 0.25) is 0 Å². The van der Waals surface area contributed by atoms with Gasteiger partial charge in [-0.3, -0.25) is 0 Å². The Balaban J connectivity index is 1.65. The van der Waals surface area contributed by atoms with Crippen molar-refractivity contribution in [2.24, 2.45) is 0 Å². The number of fused-ring (bicyclic) bond motifs is 3. The van der Waals surface area contributed by atoms with Crippen LogP contribution in [0.2, 0.25) is 0 Å². The lowest BCUT2D eigenvalue weighted by atomic mass is 9.98. The fourth-order valence-corrected chi connectivity index (χ4v) is 3.54. The number of alkyl carbamates (subject to hydrolysis) is 1. The van der Waals surface area contributed by atoms with Gasteiger partial charge in [-0.15, -0.1) is 0 Å². The zero-order valence-corrected chi connectivity index (χ0v) is 15.5. The van der Waals surface area contributed by atoms with Gasteiger partial charge in [0.05, 0.1) is 12.7 Å². The molecule has 1 amide bonds. The first-order valence-electron chi connectivity index (χ1n) is 9.02. The van der Waals surface area contributed by atoms with Crippen LogP contribution >= 0.6 is 0 Å². The number of benzene rings is 2. The summed E-state index contributed by atoms with van der Waals surface area (Å²) in [6, 6.07) is 14.6. The van der Waals surface area contributed by atoms with E-state index in [0.717, 1.165) is 22.3 Å². The minimum atomic E-state index is -1.26. The van der Waals surface area contributed by atoms with Gasteiger partial charge in [-0.05, 0) is 22.3 Å². The molecule has 3 rings (SSSR count). The Morgan fingerprint density at radius 2 is 1.64 bits per heavy atom. The molecular formula is C21H23NO6. The minimum Gasteiger partial charge on any atom is -0.480 e. The number of aliphatic hydroxyl groups excluding tert-OH is 1. The molecule has 0 radical (unpaired) electrons. The third-order valence-electron chi connectivity index (χ3n) is 4.80. The first-order valence-corrected chi connectivity index (χ1v) is 9.02. The van der Waals surface area contributed by atoms with E-state index in [1.807, 2.05) is 48.5 Å². The van der Waals surface area contributed by atoms with Gasteiger partial charge < -0.3 is 25.0 Å². The summed E-state index contributed by atoms with van der Waals surface area (Å²) in [6.07, 6.45) is -2.01. The van der Waals surface area contributed by atoms with Crippen LogP contribution in [0.3, 0.4) is 0 Å². The summed E-state index contributed by atoms with van der Waals surface area (Å²) < 4.78 is 10.1. The number of carbonyl (C=O) groups excluding carboxylic acids is 1. The maximum atomic E-state index is 12.2. The molecule has 7 heteroatoms. The Morgan fingerprint density at radius 3 is 2.18 bits per heavy atom. The molecule has 2 aromatic rings. The van der Waals surface area contributed by atoms with E-state index >= 15 is 0 Å². The highest BCUT2D eigenvalue weighted by Gasteiger charge is 2.30. The van der Waals surface area contributed by atoms with Crippen molar-refractivity contribution in [1.29, 1.82) is 0 Å². The summed E-state index contributed by atoms with van der Waals surface area (Å²) >= 11 is 0. The van der Waals surface area contributed by atoms with Gasteiger partial charge in [0.1, 0.15) is 12.6 Å². The lowest BCUT2D eigenvalue weighted by molar-refractivity contribution is -0.140. The van der Waals surface area contributed by atoms with E-state index in [1.54, 1.807) is 0 Å². The predicted octanol–water partition coefficient (Wildman–Crippen LogP) is 2.38. The topological polar surface area (TPSA) is 105 Å². The quantitative estimate of drug-likeness (QED) is 0.644. The number of nitrogens with one attached hydrogen (secondary N) is 1. The van der Waals surface area contributed by atoms with Crippen LogP contribution in [0.5, 0.6) is 0 Å². The molecule has 0 saturated carbocycles.